The predicted molar refractivity (Wildman–Crippen MR) is 75.0 cm³/mol. The second-order valence-electron chi connectivity index (χ2n) is 4.50. The number of rotatable bonds is 3. The van der Waals surface area contributed by atoms with Crippen LogP contribution in [0.5, 0.6) is 0 Å². The first kappa shape index (κ1) is 13.7. The Kier molecular flexibility index (Phi) is 4.00. The van der Waals surface area contributed by atoms with E-state index in [1.54, 1.807) is 26.0 Å². The number of hydrogen-bond acceptors (Lipinski definition) is 3. The monoisotopic (exact) mass is 279 g/mol. The Morgan fingerprint density at radius 2 is 1.95 bits per heavy atom. The van der Waals surface area contributed by atoms with Gasteiger partial charge in [-0.05, 0) is 38.0 Å². The summed E-state index contributed by atoms with van der Waals surface area (Å²) in [5.74, 6) is 1.02. The number of hydrogen-bond donors (Lipinski definition) is 1. The number of aryl methyl sites for hydroxylation is 2. The van der Waals surface area contributed by atoms with E-state index >= 15 is 0 Å². The molecule has 1 aromatic heterocycles. The second-order valence-corrected chi connectivity index (χ2v) is 4.89. The van der Waals surface area contributed by atoms with Crippen LogP contribution >= 0.6 is 11.6 Å². The minimum Gasteiger partial charge on any atom is -0.363 e. The molecule has 0 saturated carbocycles. The molecule has 100 valence electrons. The first-order chi connectivity index (χ1) is 8.95. The van der Waals surface area contributed by atoms with Crippen molar-refractivity contribution < 1.29 is 4.39 Å². The summed E-state index contributed by atoms with van der Waals surface area (Å²) in [5, 5.41) is 3.57. The Bertz CT molecular complexity index is 581. The van der Waals surface area contributed by atoms with E-state index in [-0.39, 0.29) is 11.9 Å². The van der Waals surface area contributed by atoms with Crippen LogP contribution in [0.25, 0.3) is 0 Å². The van der Waals surface area contributed by atoms with Crippen molar-refractivity contribution in [3.8, 4) is 0 Å². The maximum Gasteiger partial charge on any atom is 0.134 e. The van der Waals surface area contributed by atoms with Crippen LogP contribution in [0.3, 0.4) is 0 Å². The number of nitrogens with one attached hydrogen (secondary N) is 1. The fourth-order valence-corrected chi connectivity index (χ4v) is 2.01. The van der Waals surface area contributed by atoms with Gasteiger partial charge in [0.2, 0.25) is 0 Å². The maximum absolute atomic E-state index is 13.5. The summed E-state index contributed by atoms with van der Waals surface area (Å²) < 4.78 is 13.5. The average molecular weight is 280 g/mol. The molecule has 1 aromatic carbocycles. The molecule has 1 N–H and O–H groups in total. The first-order valence-electron chi connectivity index (χ1n) is 5.99. The smallest absolute Gasteiger partial charge is 0.134 e. The zero-order valence-electron chi connectivity index (χ0n) is 11.0. The molecule has 0 spiro atoms. The van der Waals surface area contributed by atoms with Crippen molar-refractivity contribution in [2.24, 2.45) is 0 Å². The third-order valence-corrected chi connectivity index (χ3v) is 3.06. The summed E-state index contributed by atoms with van der Waals surface area (Å²) in [6.45, 7) is 5.45. The van der Waals surface area contributed by atoms with Gasteiger partial charge in [0.15, 0.2) is 0 Å². The minimum atomic E-state index is -0.206. The van der Waals surface area contributed by atoms with Crippen molar-refractivity contribution >= 4 is 17.4 Å². The van der Waals surface area contributed by atoms with Crippen molar-refractivity contribution in [3.05, 3.63) is 52.2 Å². The van der Waals surface area contributed by atoms with Gasteiger partial charge in [-0.2, -0.15) is 0 Å². The van der Waals surface area contributed by atoms with Crippen LogP contribution in [0.1, 0.15) is 29.9 Å². The predicted octanol–water partition coefficient (Wildman–Crippen LogP) is 4.06. The fourth-order valence-electron chi connectivity index (χ4n) is 1.79. The molecule has 1 atom stereocenters. The SMILES string of the molecule is Cc1nc(Cl)cc(NC(C)c2ccc(C)c(F)c2)n1. The van der Waals surface area contributed by atoms with Crippen molar-refractivity contribution in [1.29, 1.82) is 0 Å². The number of anilines is 1. The van der Waals surface area contributed by atoms with Crippen LogP contribution in [0.4, 0.5) is 10.2 Å². The van der Waals surface area contributed by atoms with Gasteiger partial charge < -0.3 is 5.32 Å². The molecule has 1 unspecified atom stereocenters. The second kappa shape index (κ2) is 5.53. The van der Waals surface area contributed by atoms with Crippen molar-refractivity contribution in [1.82, 2.24) is 9.97 Å². The number of nitrogens with zero attached hydrogens (tertiary/aromatic N) is 2. The van der Waals surface area contributed by atoms with Crippen LogP contribution in [-0.2, 0) is 0 Å². The van der Waals surface area contributed by atoms with Gasteiger partial charge in [-0.15, -0.1) is 0 Å². The molecule has 0 saturated heterocycles. The minimum absolute atomic E-state index is 0.0690. The summed E-state index contributed by atoms with van der Waals surface area (Å²) in [5.41, 5.74) is 1.49. The average Bonchev–Trinajstić information content (AvgIpc) is 2.31. The van der Waals surface area contributed by atoms with Crippen molar-refractivity contribution in [3.63, 3.8) is 0 Å². The molecular weight excluding hydrogens is 265 g/mol. The van der Waals surface area contributed by atoms with Gasteiger partial charge in [-0.1, -0.05) is 23.7 Å². The highest BCUT2D eigenvalue weighted by molar-refractivity contribution is 6.29. The van der Waals surface area contributed by atoms with Crippen LogP contribution in [0.2, 0.25) is 5.15 Å². The molecule has 1 heterocycles. The molecular formula is C14H15ClFN3. The number of aromatic nitrogens is 2. The number of halogens is 2. The van der Waals surface area contributed by atoms with Crippen LogP contribution in [0.15, 0.2) is 24.3 Å². The van der Waals surface area contributed by atoms with E-state index in [0.717, 1.165) is 5.56 Å². The van der Waals surface area contributed by atoms with Crippen LogP contribution < -0.4 is 5.32 Å². The van der Waals surface area contributed by atoms with Crippen LogP contribution in [0, 0.1) is 19.7 Å². The molecule has 0 aliphatic carbocycles. The lowest BCUT2D eigenvalue weighted by Gasteiger charge is -2.16. The highest BCUT2D eigenvalue weighted by Gasteiger charge is 2.09. The van der Waals surface area contributed by atoms with E-state index in [0.29, 0.717) is 22.4 Å². The summed E-state index contributed by atoms with van der Waals surface area (Å²) >= 11 is 5.87. The molecule has 2 aromatic rings. The molecule has 0 radical (unpaired) electrons. The van der Waals surface area contributed by atoms with E-state index in [9.17, 15) is 4.39 Å². The Labute approximate surface area is 116 Å². The van der Waals surface area contributed by atoms with Crippen LogP contribution in [-0.4, -0.2) is 9.97 Å². The van der Waals surface area contributed by atoms with E-state index in [1.807, 2.05) is 13.0 Å². The standard InChI is InChI=1S/C14H15ClFN3/c1-8-4-5-11(6-12(8)16)9(2)17-14-7-13(15)18-10(3)19-14/h4-7,9H,1-3H3,(H,17,18,19). The van der Waals surface area contributed by atoms with E-state index in [4.69, 9.17) is 11.6 Å². The Morgan fingerprint density at radius 1 is 1.21 bits per heavy atom. The van der Waals surface area contributed by atoms with E-state index in [2.05, 4.69) is 15.3 Å². The van der Waals surface area contributed by atoms with Crippen molar-refractivity contribution in [2.75, 3.05) is 5.32 Å². The highest BCUT2D eigenvalue weighted by Crippen LogP contribution is 2.21. The molecule has 19 heavy (non-hydrogen) atoms. The van der Waals surface area contributed by atoms with Gasteiger partial charge in [0.05, 0.1) is 6.04 Å². The molecule has 0 amide bonds. The lowest BCUT2D eigenvalue weighted by atomic mass is 10.1. The molecule has 5 heteroatoms. The third-order valence-electron chi connectivity index (χ3n) is 2.87. The topological polar surface area (TPSA) is 37.8 Å². The van der Waals surface area contributed by atoms with Gasteiger partial charge in [0, 0.05) is 6.07 Å². The fraction of sp³-hybridized carbons (Fsp3) is 0.286. The third kappa shape index (κ3) is 3.41. The number of benzene rings is 1. The summed E-state index contributed by atoms with van der Waals surface area (Å²) in [7, 11) is 0. The zero-order chi connectivity index (χ0) is 14.0. The van der Waals surface area contributed by atoms with Gasteiger partial charge in [-0.3, -0.25) is 0 Å². The van der Waals surface area contributed by atoms with E-state index in [1.165, 1.54) is 6.07 Å². The molecule has 2 rings (SSSR count). The van der Waals surface area contributed by atoms with Gasteiger partial charge in [-0.25, -0.2) is 14.4 Å². The van der Waals surface area contributed by atoms with E-state index < -0.39 is 0 Å². The largest absolute Gasteiger partial charge is 0.363 e. The summed E-state index contributed by atoms with van der Waals surface area (Å²) in [4.78, 5) is 8.23. The first-order valence-corrected chi connectivity index (χ1v) is 6.37. The summed E-state index contributed by atoms with van der Waals surface area (Å²) in [6, 6.07) is 6.77. The lowest BCUT2D eigenvalue weighted by Crippen LogP contribution is -2.09. The van der Waals surface area contributed by atoms with Gasteiger partial charge in [0.1, 0.15) is 22.6 Å². The lowest BCUT2D eigenvalue weighted by molar-refractivity contribution is 0.614. The normalized spacial score (nSPS) is 12.3. The molecule has 0 aliphatic heterocycles. The molecule has 3 nitrogen and oxygen atoms in total. The van der Waals surface area contributed by atoms with Gasteiger partial charge in [0.25, 0.3) is 0 Å². The van der Waals surface area contributed by atoms with Gasteiger partial charge >= 0.3 is 0 Å². The highest BCUT2D eigenvalue weighted by atomic mass is 35.5. The molecule has 0 aliphatic rings. The zero-order valence-corrected chi connectivity index (χ0v) is 11.8. The maximum atomic E-state index is 13.5. The Balaban J connectivity index is 2.20. The summed E-state index contributed by atoms with van der Waals surface area (Å²) in [6.07, 6.45) is 0. The van der Waals surface area contributed by atoms with Crippen molar-refractivity contribution in [2.45, 2.75) is 26.8 Å². The molecule has 0 bridgehead atoms. The Morgan fingerprint density at radius 3 is 2.58 bits per heavy atom. The molecule has 0 fully saturated rings. The quantitative estimate of drug-likeness (QED) is 0.861. The Hall–Kier alpha value is -1.68.